The fourth-order valence-corrected chi connectivity index (χ4v) is 4.17. The molecule has 1 amide bonds. The maximum atomic E-state index is 12.3. The van der Waals surface area contributed by atoms with Gasteiger partial charge in [-0.05, 0) is 69.5 Å². The number of carbonyl (C=O) groups is 2. The van der Waals surface area contributed by atoms with Gasteiger partial charge in [0.1, 0.15) is 5.58 Å². The van der Waals surface area contributed by atoms with Crippen LogP contribution in [0.3, 0.4) is 0 Å². The second kappa shape index (κ2) is 7.63. The van der Waals surface area contributed by atoms with Gasteiger partial charge in [-0.1, -0.05) is 18.2 Å². The number of furan rings is 1. The van der Waals surface area contributed by atoms with E-state index in [1.807, 2.05) is 37.3 Å². The molecule has 0 unspecified atom stereocenters. The standard InChI is InChI=1S/C19H15Br2NO4/c1-10-7-13(20)17(14(21)8-10)22-16(23)9-25-19(24)18-11(2)12-5-3-4-6-15(12)26-18/h3-8H,9H2,1-2H3,(H,22,23). The van der Waals surface area contributed by atoms with Crippen LogP contribution in [0.2, 0.25) is 0 Å². The molecule has 0 atom stereocenters. The highest BCUT2D eigenvalue weighted by Crippen LogP contribution is 2.32. The lowest BCUT2D eigenvalue weighted by molar-refractivity contribution is -0.119. The first kappa shape index (κ1) is 18.7. The van der Waals surface area contributed by atoms with Crippen molar-refractivity contribution in [3.63, 3.8) is 0 Å². The van der Waals surface area contributed by atoms with Crippen molar-refractivity contribution >= 4 is 60.4 Å². The molecule has 5 nitrogen and oxygen atoms in total. The monoisotopic (exact) mass is 479 g/mol. The summed E-state index contributed by atoms with van der Waals surface area (Å²) in [5.74, 6) is -1.01. The van der Waals surface area contributed by atoms with Crippen molar-refractivity contribution in [2.75, 3.05) is 11.9 Å². The summed E-state index contributed by atoms with van der Waals surface area (Å²) in [5, 5.41) is 3.56. The van der Waals surface area contributed by atoms with Crippen molar-refractivity contribution in [3.05, 3.63) is 62.2 Å². The number of rotatable bonds is 4. The van der Waals surface area contributed by atoms with Gasteiger partial charge >= 0.3 is 5.97 Å². The second-order valence-corrected chi connectivity index (χ2v) is 7.49. The molecule has 0 radical (unpaired) electrons. The summed E-state index contributed by atoms with van der Waals surface area (Å²) in [6.07, 6.45) is 0. The van der Waals surface area contributed by atoms with Crippen LogP contribution in [0.5, 0.6) is 0 Å². The van der Waals surface area contributed by atoms with Gasteiger partial charge in [-0.2, -0.15) is 0 Å². The smallest absolute Gasteiger partial charge is 0.375 e. The molecule has 26 heavy (non-hydrogen) atoms. The topological polar surface area (TPSA) is 68.5 Å². The van der Waals surface area contributed by atoms with E-state index >= 15 is 0 Å². The quantitative estimate of drug-likeness (QED) is 0.509. The zero-order chi connectivity index (χ0) is 18.8. The number of aryl methyl sites for hydroxylation is 2. The zero-order valence-electron chi connectivity index (χ0n) is 14.1. The summed E-state index contributed by atoms with van der Waals surface area (Å²) in [5.41, 5.74) is 2.91. The van der Waals surface area contributed by atoms with Gasteiger partial charge in [0.15, 0.2) is 6.61 Å². The van der Waals surface area contributed by atoms with E-state index in [0.717, 1.165) is 19.9 Å². The molecular formula is C19H15Br2NO4. The number of fused-ring (bicyclic) bond motifs is 1. The van der Waals surface area contributed by atoms with E-state index in [2.05, 4.69) is 37.2 Å². The Labute approximate surface area is 167 Å². The van der Waals surface area contributed by atoms with Crippen molar-refractivity contribution in [2.45, 2.75) is 13.8 Å². The maximum Gasteiger partial charge on any atom is 0.375 e. The molecule has 0 bridgehead atoms. The number of hydrogen-bond donors (Lipinski definition) is 1. The summed E-state index contributed by atoms with van der Waals surface area (Å²) in [7, 11) is 0. The predicted octanol–water partition coefficient (Wildman–Crippen LogP) is 5.37. The van der Waals surface area contributed by atoms with Crippen LogP contribution >= 0.6 is 31.9 Å². The van der Waals surface area contributed by atoms with Crippen molar-refractivity contribution in [1.29, 1.82) is 0 Å². The number of hydrogen-bond acceptors (Lipinski definition) is 4. The lowest BCUT2D eigenvalue weighted by Crippen LogP contribution is -2.21. The van der Waals surface area contributed by atoms with Gasteiger partial charge in [0, 0.05) is 19.9 Å². The highest BCUT2D eigenvalue weighted by atomic mass is 79.9. The number of amides is 1. The molecule has 0 aliphatic carbocycles. The van der Waals surface area contributed by atoms with Crippen LogP contribution in [-0.4, -0.2) is 18.5 Å². The summed E-state index contributed by atoms with van der Waals surface area (Å²) in [4.78, 5) is 24.4. The van der Waals surface area contributed by atoms with Gasteiger partial charge in [0.05, 0.1) is 5.69 Å². The van der Waals surface area contributed by atoms with Crippen LogP contribution in [0.25, 0.3) is 11.0 Å². The first-order chi connectivity index (χ1) is 12.4. The molecule has 2 aromatic carbocycles. The number of nitrogens with one attached hydrogen (secondary N) is 1. The minimum absolute atomic E-state index is 0.108. The molecule has 0 fully saturated rings. The van der Waals surface area contributed by atoms with Gasteiger partial charge in [0.2, 0.25) is 5.76 Å². The average Bonchev–Trinajstić information content (AvgIpc) is 2.93. The lowest BCUT2D eigenvalue weighted by atomic mass is 10.1. The minimum atomic E-state index is -0.670. The van der Waals surface area contributed by atoms with E-state index in [1.54, 1.807) is 13.0 Å². The molecule has 0 saturated heterocycles. The third-order valence-electron chi connectivity index (χ3n) is 3.81. The summed E-state index contributed by atoms with van der Waals surface area (Å²) in [6.45, 7) is 3.31. The van der Waals surface area contributed by atoms with Crippen molar-refractivity contribution < 1.29 is 18.7 Å². The Morgan fingerprint density at radius 1 is 1.12 bits per heavy atom. The average molecular weight is 481 g/mol. The number of para-hydroxylation sites is 1. The highest BCUT2D eigenvalue weighted by Gasteiger charge is 2.20. The normalized spacial score (nSPS) is 10.8. The molecular weight excluding hydrogens is 466 g/mol. The molecule has 3 aromatic rings. The van der Waals surface area contributed by atoms with E-state index in [1.165, 1.54) is 0 Å². The van der Waals surface area contributed by atoms with Crippen LogP contribution in [-0.2, 0) is 9.53 Å². The molecule has 134 valence electrons. The summed E-state index contributed by atoms with van der Waals surface area (Å²) >= 11 is 6.81. The number of ether oxygens (including phenoxy) is 1. The van der Waals surface area contributed by atoms with Crippen molar-refractivity contribution in [2.24, 2.45) is 0 Å². The third-order valence-corrected chi connectivity index (χ3v) is 5.07. The van der Waals surface area contributed by atoms with Crippen LogP contribution in [0.1, 0.15) is 21.7 Å². The van der Waals surface area contributed by atoms with E-state index in [9.17, 15) is 9.59 Å². The first-order valence-electron chi connectivity index (χ1n) is 7.77. The maximum absolute atomic E-state index is 12.3. The number of halogens is 2. The van der Waals surface area contributed by atoms with E-state index in [0.29, 0.717) is 16.8 Å². The Morgan fingerprint density at radius 2 is 1.77 bits per heavy atom. The van der Waals surface area contributed by atoms with E-state index < -0.39 is 18.5 Å². The number of esters is 1. The molecule has 3 rings (SSSR count). The number of benzene rings is 2. The Hall–Kier alpha value is -2.12. The van der Waals surface area contributed by atoms with Crippen molar-refractivity contribution in [1.82, 2.24) is 0 Å². The Kier molecular flexibility index (Phi) is 5.48. The summed E-state index contributed by atoms with van der Waals surface area (Å²) in [6, 6.07) is 11.1. The van der Waals surface area contributed by atoms with E-state index in [4.69, 9.17) is 9.15 Å². The van der Waals surface area contributed by atoms with Gasteiger partial charge in [-0.3, -0.25) is 4.79 Å². The molecule has 0 aliphatic heterocycles. The van der Waals surface area contributed by atoms with Crippen molar-refractivity contribution in [3.8, 4) is 0 Å². The van der Waals surface area contributed by atoms with Gasteiger partial charge in [-0.25, -0.2) is 4.79 Å². The minimum Gasteiger partial charge on any atom is -0.450 e. The van der Waals surface area contributed by atoms with E-state index in [-0.39, 0.29) is 5.76 Å². The Bertz CT molecular complexity index is 987. The Balaban J connectivity index is 1.67. The van der Waals surface area contributed by atoms with Gasteiger partial charge in [0.25, 0.3) is 5.91 Å². The molecule has 1 aromatic heterocycles. The number of anilines is 1. The van der Waals surface area contributed by atoms with Crippen LogP contribution in [0, 0.1) is 13.8 Å². The second-order valence-electron chi connectivity index (χ2n) is 5.78. The lowest BCUT2D eigenvalue weighted by Gasteiger charge is -2.11. The molecule has 1 N–H and O–H groups in total. The SMILES string of the molecule is Cc1cc(Br)c(NC(=O)COC(=O)c2oc3ccccc3c2C)c(Br)c1. The number of carbonyl (C=O) groups excluding carboxylic acids is 2. The van der Waals surface area contributed by atoms with Gasteiger partial charge in [-0.15, -0.1) is 0 Å². The molecule has 0 aliphatic rings. The molecule has 7 heteroatoms. The van der Waals surface area contributed by atoms with Crippen LogP contribution in [0.15, 0.2) is 49.8 Å². The van der Waals surface area contributed by atoms with Crippen LogP contribution in [0.4, 0.5) is 5.69 Å². The fraction of sp³-hybridized carbons (Fsp3) is 0.158. The highest BCUT2D eigenvalue weighted by molar-refractivity contribution is 9.11. The Morgan fingerprint density at radius 3 is 2.42 bits per heavy atom. The zero-order valence-corrected chi connectivity index (χ0v) is 17.2. The molecule has 0 spiro atoms. The summed E-state index contributed by atoms with van der Waals surface area (Å²) < 4.78 is 12.1. The predicted molar refractivity (Wildman–Crippen MR) is 106 cm³/mol. The van der Waals surface area contributed by atoms with Gasteiger partial charge < -0.3 is 14.5 Å². The fourth-order valence-electron chi connectivity index (χ4n) is 2.56. The molecule has 1 heterocycles. The first-order valence-corrected chi connectivity index (χ1v) is 9.36. The third kappa shape index (κ3) is 3.83. The largest absolute Gasteiger partial charge is 0.450 e. The molecule has 0 saturated carbocycles. The van der Waals surface area contributed by atoms with Crippen LogP contribution < -0.4 is 5.32 Å².